The molecule has 1 saturated heterocycles. The summed E-state index contributed by atoms with van der Waals surface area (Å²) in [6.07, 6.45) is 3.02. The normalized spacial score (nSPS) is 24.6. The van der Waals surface area contributed by atoms with Gasteiger partial charge < -0.3 is 20.5 Å². The molecule has 0 aromatic rings. The molecule has 1 heterocycles. The highest BCUT2D eigenvalue weighted by Gasteiger charge is 2.31. The van der Waals surface area contributed by atoms with E-state index in [1.807, 2.05) is 0 Å². The zero-order valence-corrected chi connectivity index (χ0v) is 8.79. The van der Waals surface area contributed by atoms with Crippen LogP contribution in [0.4, 0.5) is 4.79 Å². The van der Waals surface area contributed by atoms with Gasteiger partial charge in [0, 0.05) is 6.54 Å². The molecular weight excluding hydrogens is 196 g/mol. The van der Waals surface area contributed by atoms with Crippen LogP contribution in [0.15, 0.2) is 0 Å². The van der Waals surface area contributed by atoms with Crippen LogP contribution >= 0.6 is 0 Å². The second-order valence-electron chi connectivity index (χ2n) is 4.43. The summed E-state index contributed by atoms with van der Waals surface area (Å²) >= 11 is 0. The van der Waals surface area contributed by atoms with Crippen molar-refractivity contribution >= 4 is 6.09 Å². The quantitative estimate of drug-likeness (QED) is 0.618. The Hall–Kier alpha value is -0.810. The van der Waals surface area contributed by atoms with Crippen LogP contribution in [0.1, 0.15) is 25.7 Å². The molecule has 0 spiro atoms. The Morgan fingerprint density at radius 1 is 1.47 bits per heavy atom. The number of ether oxygens (including phenoxy) is 1. The van der Waals surface area contributed by atoms with Crippen LogP contribution in [0.25, 0.3) is 0 Å². The average molecular weight is 214 g/mol. The van der Waals surface area contributed by atoms with Crippen LogP contribution < -0.4 is 10.6 Å². The molecule has 5 nitrogen and oxygen atoms in total. The third kappa shape index (κ3) is 3.35. The molecule has 0 aromatic heterocycles. The predicted molar refractivity (Wildman–Crippen MR) is 54.6 cm³/mol. The van der Waals surface area contributed by atoms with Gasteiger partial charge in [-0.2, -0.15) is 0 Å². The first-order valence-corrected chi connectivity index (χ1v) is 5.56. The first kappa shape index (κ1) is 10.7. The molecule has 15 heavy (non-hydrogen) atoms. The lowest BCUT2D eigenvalue weighted by atomic mass is 9.92. The van der Waals surface area contributed by atoms with Crippen molar-refractivity contribution in [3.63, 3.8) is 0 Å². The Kier molecular flexibility index (Phi) is 3.11. The Balaban J connectivity index is 1.68. The van der Waals surface area contributed by atoms with Crippen molar-refractivity contribution in [3.05, 3.63) is 0 Å². The lowest BCUT2D eigenvalue weighted by molar-refractivity contribution is 0.0101. The van der Waals surface area contributed by atoms with E-state index < -0.39 is 11.7 Å². The fourth-order valence-corrected chi connectivity index (χ4v) is 1.68. The highest BCUT2D eigenvalue weighted by molar-refractivity contribution is 5.67. The van der Waals surface area contributed by atoms with E-state index in [9.17, 15) is 9.90 Å². The van der Waals surface area contributed by atoms with Gasteiger partial charge >= 0.3 is 6.09 Å². The summed E-state index contributed by atoms with van der Waals surface area (Å²) in [5.74, 6) is 0. The largest absolute Gasteiger partial charge is 0.446 e. The molecule has 0 atom stereocenters. The van der Waals surface area contributed by atoms with Gasteiger partial charge in [0.1, 0.15) is 6.10 Å². The van der Waals surface area contributed by atoms with Gasteiger partial charge in [-0.1, -0.05) is 0 Å². The molecule has 1 aliphatic heterocycles. The number of amides is 1. The zero-order chi connectivity index (χ0) is 10.7. The molecule has 0 radical (unpaired) electrons. The summed E-state index contributed by atoms with van der Waals surface area (Å²) in [4.78, 5) is 11.2. The van der Waals surface area contributed by atoms with Crippen LogP contribution in [0, 0.1) is 0 Å². The van der Waals surface area contributed by atoms with E-state index in [1.165, 1.54) is 0 Å². The van der Waals surface area contributed by atoms with E-state index in [0.717, 1.165) is 25.9 Å². The third-order valence-electron chi connectivity index (χ3n) is 2.89. The predicted octanol–water partition coefficient (Wildman–Crippen LogP) is -0.0105. The summed E-state index contributed by atoms with van der Waals surface area (Å²) in [6, 6.07) is 0. The van der Waals surface area contributed by atoms with Gasteiger partial charge in [-0.05, 0) is 38.8 Å². The zero-order valence-electron chi connectivity index (χ0n) is 8.79. The van der Waals surface area contributed by atoms with Crippen molar-refractivity contribution in [3.8, 4) is 0 Å². The summed E-state index contributed by atoms with van der Waals surface area (Å²) in [7, 11) is 0. The summed E-state index contributed by atoms with van der Waals surface area (Å²) in [5.41, 5.74) is -0.756. The smallest absolute Gasteiger partial charge is 0.407 e. The highest BCUT2D eigenvalue weighted by Crippen LogP contribution is 2.23. The molecule has 3 N–H and O–H groups in total. The molecule has 1 saturated carbocycles. The Morgan fingerprint density at radius 3 is 2.73 bits per heavy atom. The number of aliphatic hydroxyl groups is 1. The van der Waals surface area contributed by atoms with E-state index in [2.05, 4.69) is 10.6 Å². The minimum atomic E-state index is -0.756. The fraction of sp³-hybridized carbons (Fsp3) is 0.900. The van der Waals surface area contributed by atoms with Crippen LogP contribution in [0.3, 0.4) is 0 Å². The van der Waals surface area contributed by atoms with E-state index >= 15 is 0 Å². The van der Waals surface area contributed by atoms with Gasteiger partial charge in [-0.3, -0.25) is 0 Å². The monoisotopic (exact) mass is 214 g/mol. The fourth-order valence-electron chi connectivity index (χ4n) is 1.68. The number of hydrogen-bond donors (Lipinski definition) is 3. The maximum Gasteiger partial charge on any atom is 0.407 e. The van der Waals surface area contributed by atoms with Gasteiger partial charge in [-0.25, -0.2) is 4.79 Å². The maximum absolute atomic E-state index is 11.2. The lowest BCUT2D eigenvalue weighted by Gasteiger charge is -2.32. The van der Waals surface area contributed by atoms with E-state index in [0.29, 0.717) is 19.4 Å². The standard InChI is InChI=1S/C10H18N2O3/c13-9(15-8-1-2-8)12-7-10(14)3-5-11-6-4-10/h8,11,14H,1-7H2,(H,12,13). The van der Waals surface area contributed by atoms with Crippen molar-refractivity contribution < 1.29 is 14.6 Å². The van der Waals surface area contributed by atoms with Gasteiger partial charge in [0.15, 0.2) is 0 Å². The molecule has 1 aliphatic carbocycles. The first-order valence-electron chi connectivity index (χ1n) is 5.56. The van der Waals surface area contributed by atoms with Crippen LogP contribution in [-0.2, 0) is 4.74 Å². The number of rotatable bonds is 3. The number of carbonyl (C=O) groups excluding carboxylic acids is 1. The molecule has 0 bridgehead atoms. The molecule has 2 rings (SSSR count). The number of hydrogen-bond acceptors (Lipinski definition) is 4. The van der Waals surface area contributed by atoms with Crippen molar-refractivity contribution in [2.45, 2.75) is 37.4 Å². The van der Waals surface area contributed by atoms with E-state index in [4.69, 9.17) is 4.74 Å². The second-order valence-corrected chi connectivity index (χ2v) is 4.43. The summed E-state index contributed by atoms with van der Waals surface area (Å²) < 4.78 is 5.02. The molecule has 0 unspecified atom stereocenters. The van der Waals surface area contributed by atoms with Crippen LogP contribution in [-0.4, -0.2) is 42.5 Å². The van der Waals surface area contributed by atoms with Gasteiger partial charge in [0.25, 0.3) is 0 Å². The minimum absolute atomic E-state index is 0.118. The Bertz CT molecular complexity index is 235. The van der Waals surface area contributed by atoms with Crippen molar-refractivity contribution in [2.24, 2.45) is 0 Å². The third-order valence-corrected chi connectivity index (χ3v) is 2.89. The molecule has 86 valence electrons. The summed E-state index contributed by atoms with van der Waals surface area (Å²) in [6.45, 7) is 1.89. The van der Waals surface area contributed by atoms with Gasteiger partial charge in [0.2, 0.25) is 0 Å². The first-order chi connectivity index (χ1) is 7.18. The molecule has 2 aliphatic rings. The molecule has 1 amide bonds. The SMILES string of the molecule is O=C(NCC1(O)CCNCC1)OC1CC1. The highest BCUT2D eigenvalue weighted by atomic mass is 16.6. The Morgan fingerprint density at radius 2 is 2.13 bits per heavy atom. The van der Waals surface area contributed by atoms with Crippen molar-refractivity contribution in [2.75, 3.05) is 19.6 Å². The summed E-state index contributed by atoms with van der Waals surface area (Å²) in [5, 5.41) is 15.9. The topological polar surface area (TPSA) is 70.6 Å². The van der Waals surface area contributed by atoms with Crippen LogP contribution in [0.2, 0.25) is 0 Å². The van der Waals surface area contributed by atoms with Crippen molar-refractivity contribution in [1.29, 1.82) is 0 Å². The van der Waals surface area contributed by atoms with E-state index in [1.54, 1.807) is 0 Å². The number of carbonyl (C=O) groups is 1. The molecular formula is C10H18N2O3. The van der Waals surface area contributed by atoms with Gasteiger partial charge in [0.05, 0.1) is 5.60 Å². The number of nitrogens with one attached hydrogen (secondary N) is 2. The average Bonchev–Trinajstić information content (AvgIpc) is 3.00. The maximum atomic E-state index is 11.2. The number of alkyl carbamates (subject to hydrolysis) is 1. The second kappa shape index (κ2) is 4.37. The number of piperidine rings is 1. The molecule has 5 heteroatoms. The molecule has 2 fully saturated rings. The van der Waals surface area contributed by atoms with E-state index in [-0.39, 0.29) is 6.10 Å². The Labute approximate surface area is 89.2 Å². The van der Waals surface area contributed by atoms with Crippen molar-refractivity contribution in [1.82, 2.24) is 10.6 Å². The lowest BCUT2D eigenvalue weighted by Crippen LogP contribution is -2.49. The van der Waals surface area contributed by atoms with Crippen LogP contribution in [0.5, 0.6) is 0 Å². The minimum Gasteiger partial charge on any atom is -0.446 e. The van der Waals surface area contributed by atoms with Gasteiger partial charge in [-0.15, -0.1) is 0 Å². The molecule has 0 aromatic carbocycles.